The van der Waals surface area contributed by atoms with Crippen molar-refractivity contribution in [3.8, 4) is 5.75 Å². The second kappa shape index (κ2) is 11.9. The van der Waals surface area contributed by atoms with Gasteiger partial charge in [0.2, 0.25) is 5.91 Å². The van der Waals surface area contributed by atoms with E-state index in [1.165, 1.54) is 12.0 Å². The Kier molecular flexibility index (Phi) is 8.11. The third-order valence-electron chi connectivity index (χ3n) is 11.1. The smallest absolute Gasteiger partial charge is 0.408 e. The summed E-state index contributed by atoms with van der Waals surface area (Å²) in [5, 5.41) is 6.58. The lowest BCUT2D eigenvalue weighted by molar-refractivity contribution is -0.139. The monoisotopic (exact) mass is 619 g/mol. The van der Waals surface area contributed by atoms with Gasteiger partial charge in [-0.25, -0.2) is 4.79 Å². The Hall–Kier alpha value is -3.07. The standard InChI is InChI=1S/C36H49N3O6/c1-20-29(19-40)39-18-31(20)44-33-22(14-21-10-11-25(17-28(21)37-33)43-24-12-13-24)8-6-5-7-9-26-27-15-23(27)16-30(26)45-35(42)38-32(34(39)41)36(2,3)4/h10-11,14,17,19-20,23-24,26-27,29-33,37H,5-9,12-13,15-16,18H2,1-4H3,(H,38,42)/t20-,23?,26+,27?,29+,30+,31-,32+,33?/m0/s1. The van der Waals surface area contributed by atoms with E-state index in [9.17, 15) is 14.4 Å². The molecule has 5 fully saturated rings. The number of rotatable bonds is 3. The molecule has 7 rings (SSSR count). The van der Waals surface area contributed by atoms with Crippen molar-refractivity contribution in [1.82, 2.24) is 10.2 Å². The Balaban J connectivity index is 1.17. The highest BCUT2D eigenvalue weighted by molar-refractivity contribution is 5.89. The van der Waals surface area contributed by atoms with E-state index in [4.69, 9.17) is 14.2 Å². The Bertz CT molecular complexity index is 1350. The number of nitrogens with one attached hydrogen (secondary N) is 2. The summed E-state index contributed by atoms with van der Waals surface area (Å²) in [6.45, 7) is 8.03. The predicted octanol–water partition coefficient (Wildman–Crippen LogP) is 5.92. The molecule has 2 amide bonds. The van der Waals surface area contributed by atoms with Crippen molar-refractivity contribution in [2.75, 3.05) is 11.9 Å². The van der Waals surface area contributed by atoms with Crippen LogP contribution in [0.4, 0.5) is 10.5 Å². The van der Waals surface area contributed by atoms with Crippen LogP contribution >= 0.6 is 0 Å². The number of anilines is 1. The predicted molar refractivity (Wildman–Crippen MR) is 171 cm³/mol. The van der Waals surface area contributed by atoms with Crippen molar-refractivity contribution in [3.05, 3.63) is 29.3 Å². The lowest BCUT2D eigenvalue weighted by Crippen LogP contribution is -2.56. The number of amides is 2. The van der Waals surface area contributed by atoms with Crippen molar-refractivity contribution in [1.29, 1.82) is 0 Å². The maximum absolute atomic E-state index is 14.2. The highest BCUT2D eigenvalue weighted by atomic mass is 16.6. The number of hydrogen-bond donors (Lipinski definition) is 2. The number of fused-ring (bicyclic) bond motifs is 7. The van der Waals surface area contributed by atoms with Crippen molar-refractivity contribution in [3.63, 3.8) is 0 Å². The van der Waals surface area contributed by atoms with Crippen molar-refractivity contribution in [2.24, 2.45) is 29.1 Å². The van der Waals surface area contributed by atoms with Crippen LogP contribution in [-0.4, -0.2) is 66.4 Å². The maximum atomic E-state index is 14.2. The number of carbonyl (C=O) groups excluding carboxylic acids is 3. The zero-order chi connectivity index (χ0) is 31.5. The first-order valence-corrected chi connectivity index (χ1v) is 17.2. The molecule has 3 aliphatic heterocycles. The van der Waals surface area contributed by atoms with Crippen molar-refractivity contribution >= 4 is 30.0 Å². The van der Waals surface area contributed by atoms with Gasteiger partial charge in [-0.2, -0.15) is 0 Å². The molecule has 45 heavy (non-hydrogen) atoms. The molecule has 6 aliphatic rings. The number of ether oxygens (including phenoxy) is 3. The Labute approximate surface area is 266 Å². The van der Waals surface area contributed by atoms with Gasteiger partial charge in [-0.15, -0.1) is 0 Å². The average Bonchev–Trinajstić information content (AvgIpc) is 3.91. The van der Waals surface area contributed by atoms with Crippen molar-refractivity contribution < 1.29 is 28.6 Å². The van der Waals surface area contributed by atoms with Crippen LogP contribution in [0.1, 0.15) is 91.0 Å². The molecule has 2 saturated heterocycles. The summed E-state index contributed by atoms with van der Waals surface area (Å²) >= 11 is 0. The fourth-order valence-electron chi connectivity index (χ4n) is 8.17. The van der Waals surface area contributed by atoms with Crippen LogP contribution in [0.5, 0.6) is 5.75 Å². The summed E-state index contributed by atoms with van der Waals surface area (Å²) in [6.07, 6.45) is 11.6. The van der Waals surface area contributed by atoms with E-state index in [-0.39, 0.29) is 36.8 Å². The molecule has 9 nitrogen and oxygen atoms in total. The maximum Gasteiger partial charge on any atom is 0.408 e. The van der Waals surface area contributed by atoms with Gasteiger partial charge < -0.3 is 34.5 Å². The first-order chi connectivity index (χ1) is 21.6. The number of carbonyl (C=O) groups is 3. The summed E-state index contributed by atoms with van der Waals surface area (Å²) < 4.78 is 18.9. The van der Waals surface area contributed by atoms with E-state index in [1.54, 1.807) is 4.90 Å². The zero-order valence-corrected chi connectivity index (χ0v) is 27.1. The van der Waals surface area contributed by atoms with E-state index in [2.05, 4.69) is 28.8 Å². The Morgan fingerprint density at radius 1 is 1.00 bits per heavy atom. The number of benzene rings is 1. The van der Waals surface area contributed by atoms with Crippen LogP contribution in [0.3, 0.4) is 0 Å². The van der Waals surface area contributed by atoms with E-state index < -0.39 is 23.6 Å². The van der Waals surface area contributed by atoms with Crippen LogP contribution in [0.25, 0.3) is 6.08 Å². The van der Waals surface area contributed by atoms with E-state index in [0.29, 0.717) is 23.9 Å². The second-order valence-corrected chi connectivity index (χ2v) is 15.5. The zero-order valence-electron chi connectivity index (χ0n) is 27.1. The summed E-state index contributed by atoms with van der Waals surface area (Å²) in [5.74, 6) is 2.05. The van der Waals surface area contributed by atoms with Gasteiger partial charge in [0.1, 0.15) is 24.2 Å². The Morgan fingerprint density at radius 3 is 2.58 bits per heavy atom. The van der Waals surface area contributed by atoms with E-state index in [0.717, 1.165) is 74.7 Å². The minimum absolute atomic E-state index is 0.101. The average molecular weight is 620 g/mol. The number of nitrogens with zero attached hydrogens (tertiary/aromatic N) is 1. The quantitative estimate of drug-likeness (QED) is 0.405. The molecule has 3 heterocycles. The third-order valence-corrected chi connectivity index (χ3v) is 11.1. The van der Waals surface area contributed by atoms with Gasteiger partial charge in [0.25, 0.3) is 0 Å². The fraction of sp³-hybridized carbons (Fsp3) is 0.694. The lowest BCUT2D eigenvalue weighted by Gasteiger charge is -2.35. The Morgan fingerprint density at radius 2 is 1.82 bits per heavy atom. The molecule has 0 aromatic heterocycles. The SMILES string of the molecule is C[C@@H]1[C@@H]2CN(C(=O)[C@H](C(C)(C)C)NC(=O)O[C@@H]3CC4CC4[C@H]3CCCCCC3=Cc4ccc(OC5CC5)cc4NC3O2)[C@@H]1C=O. The number of aldehydes is 1. The molecular formula is C36H49N3O6. The molecule has 2 bridgehead atoms. The van der Waals surface area contributed by atoms with E-state index in [1.807, 2.05) is 33.8 Å². The van der Waals surface area contributed by atoms with Gasteiger partial charge in [-0.1, -0.05) is 40.5 Å². The molecule has 9 heteroatoms. The van der Waals surface area contributed by atoms with E-state index >= 15 is 0 Å². The first kappa shape index (κ1) is 30.6. The second-order valence-electron chi connectivity index (χ2n) is 15.5. The van der Waals surface area contributed by atoms with Crippen LogP contribution in [0.2, 0.25) is 0 Å². The van der Waals surface area contributed by atoms with Crippen LogP contribution in [-0.2, 0) is 19.1 Å². The van der Waals surface area contributed by atoms with Gasteiger partial charge in [-0.3, -0.25) is 4.79 Å². The summed E-state index contributed by atoms with van der Waals surface area (Å²) in [4.78, 5) is 41.5. The first-order valence-electron chi connectivity index (χ1n) is 17.2. The van der Waals surface area contributed by atoms with Gasteiger partial charge in [0, 0.05) is 24.2 Å². The lowest BCUT2D eigenvalue weighted by atomic mass is 9.85. The minimum Gasteiger partial charge on any atom is -0.490 e. The van der Waals surface area contributed by atoms with Gasteiger partial charge >= 0.3 is 6.09 Å². The van der Waals surface area contributed by atoms with Crippen LogP contribution in [0, 0.1) is 29.1 Å². The number of alkyl carbamates (subject to hydrolysis) is 1. The normalized spacial score (nSPS) is 36.8. The summed E-state index contributed by atoms with van der Waals surface area (Å²) in [5.41, 5.74) is 2.68. The van der Waals surface area contributed by atoms with Crippen LogP contribution in [0.15, 0.2) is 23.8 Å². The van der Waals surface area contributed by atoms with Gasteiger partial charge in [-0.05, 0) is 97.5 Å². The van der Waals surface area contributed by atoms with Crippen LogP contribution < -0.4 is 15.4 Å². The number of hydrogen-bond acceptors (Lipinski definition) is 7. The molecule has 3 aliphatic carbocycles. The molecule has 0 spiro atoms. The molecule has 1 aromatic carbocycles. The van der Waals surface area contributed by atoms with Crippen molar-refractivity contribution in [2.45, 2.75) is 122 Å². The summed E-state index contributed by atoms with van der Waals surface area (Å²) in [6, 6.07) is 4.72. The molecule has 244 valence electrons. The highest BCUT2D eigenvalue weighted by Crippen LogP contribution is 2.57. The minimum atomic E-state index is -0.841. The highest BCUT2D eigenvalue weighted by Gasteiger charge is 2.55. The van der Waals surface area contributed by atoms with Gasteiger partial charge in [0.05, 0.1) is 18.2 Å². The molecular weight excluding hydrogens is 570 g/mol. The molecule has 1 aromatic rings. The molecule has 2 N–H and O–H groups in total. The largest absolute Gasteiger partial charge is 0.490 e. The van der Waals surface area contributed by atoms with Gasteiger partial charge in [0.15, 0.2) is 6.23 Å². The molecule has 9 atom stereocenters. The molecule has 0 radical (unpaired) electrons. The summed E-state index contributed by atoms with van der Waals surface area (Å²) in [7, 11) is 0. The molecule has 3 unspecified atom stereocenters. The molecule has 3 saturated carbocycles. The fourth-order valence-corrected chi connectivity index (χ4v) is 8.17. The third kappa shape index (κ3) is 6.34. The topological polar surface area (TPSA) is 106 Å².